The first-order chi connectivity index (χ1) is 8.69. The van der Waals surface area contributed by atoms with Gasteiger partial charge in [-0.15, -0.1) is 0 Å². The number of methoxy groups -OCH3 is 2. The van der Waals surface area contributed by atoms with E-state index in [1.807, 2.05) is 18.2 Å². The van der Waals surface area contributed by atoms with Crippen molar-refractivity contribution in [1.82, 2.24) is 5.32 Å². The molecular formula is C13H20ClNO3. The average molecular weight is 274 g/mol. The quantitative estimate of drug-likeness (QED) is 0.756. The first-order valence-electron chi connectivity index (χ1n) is 5.84. The minimum Gasteiger partial charge on any atom is -0.387 e. The fourth-order valence-corrected chi connectivity index (χ4v) is 1.89. The van der Waals surface area contributed by atoms with Crippen molar-refractivity contribution in [3.63, 3.8) is 0 Å². The number of halogens is 1. The van der Waals surface area contributed by atoms with E-state index in [0.717, 1.165) is 5.56 Å². The summed E-state index contributed by atoms with van der Waals surface area (Å²) in [5.41, 5.74) is 0.729. The van der Waals surface area contributed by atoms with E-state index in [4.69, 9.17) is 21.1 Å². The summed E-state index contributed by atoms with van der Waals surface area (Å²) < 4.78 is 10.2. The monoisotopic (exact) mass is 273 g/mol. The van der Waals surface area contributed by atoms with Gasteiger partial charge in [0.05, 0.1) is 18.8 Å². The van der Waals surface area contributed by atoms with Crippen molar-refractivity contribution in [3.8, 4) is 0 Å². The lowest BCUT2D eigenvalue weighted by Gasteiger charge is -2.17. The van der Waals surface area contributed by atoms with Crippen LogP contribution in [-0.4, -0.2) is 45.1 Å². The summed E-state index contributed by atoms with van der Waals surface area (Å²) in [5, 5.41) is 13.7. The van der Waals surface area contributed by atoms with Crippen molar-refractivity contribution >= 4 is 11.6 Å². The van der Waals surface area contributed by atoms with Crippen LogP contribution in [0.3, 0.4) is 0 Å². The van der Waals surface area contributed by atoms with E-state index in [9.17, 15) is 5.11 Å². The van der Waals surface area contributed by atoms with E-state index >= 15 is 0 Å². The highest BCUT2D eigenvalue weighted by Gasteiger charge is 2.12. The van der Waals surface area contributed by atoms with E-state index in [2.05, 4.69) is 5.32 Å². The van der Waals surface area contributed by atoms with E-state index in [1.54, 1.807) is 20.3 Å². The van der Waals surface area contributed by atoms with Gasteiger partial charge in [-0.05, 0) is 6.07 Å². The lowest BCUT2D eigenvalue weighted by atomic mass is 10.1. The molecule has 102 valence electrons. The average Bonchev–Trinajstić information content (AvgIpc) is 2.38. The van der Waals surface area contributed by atoms with Gasteiger partial charge in [-0.2, -0.15) is 0 Å². The molecule has 1 rings (SSSR count). The first-order valence-corrected chi connectivity index (χ1v) is 6.21. The molecule has 0 saturated carbocycles. The SMILES string of the molecule is COCC(CNCC(O)c1ccccc1Cl)OC. The van der Waals surface area contributed by atoms with Crippen molar-refractivity contribution in [2.75, 3.05) is 33.9 Å². The van der Waals surface area contributed by atoms with Gasteiger partial charge in [-0.3, -0.25) is 0 Å². The van der Waals surface area contributed by atoms with E-state index in [-0.39, 0.29) is 6.10 Å². The third-order valence-corrected chi connectivity index (χ3v) is 3.00. The van der Waals surface area contributed by atoms with Gasteiger partial charge in [0.1, 0.15) is 0 Å². The van der Waals surface area contributed by atoms with Crippen molar-refractivity contribution in [2.24, 2.45) is 0 Å². The molecule has 0 amide bonds. The molecule has 1 aromatic carbocycles. The summed E-state index contributed by atoms with van der Waals surface area (Å²) in [5.74, 6) is 0. The molecular weight excluding hydrogens is 254 g/mol. The molecule has 2 atom stereocenters. The molecule has 0 aromatic heterocycles. The second kappa shape index (κ2) is 8.45. The Kier molecular flexibility index (Phi) is 7.23. The molecule has 4 nitrogen and oxygen atoms in total. The second-order valence-electron chi connectivity index (χ2n) is 4.01. The molecule has 0 aliphatic heterocycles. The Labute approximate surface area is 113 Å². The number of hydrogen-bond donors (Lipinski definition) is 2. The molecule has 0 spiro atoms. The Hall–Kier alpha value is -0.650. The third-order valence-electron chi connectivity index (χ3n) is 2.66. The molecule has 0 aliphatic rings. The lowest BCUT2D eigenvalue weighted by molar-refractivity contribution is 0.0270. The number of benzene rings is 1. The van der Waals surface area contributed by atoms with Crippen molar-refractivity contribution < 1.29 is 14.6 Å². The van der Waals surface area contributed by atoms with Gasteiger partial charge in [0.25, 0.3) is 0 Å². The first kappa shape index (κ1) is 15.4. The van der Waals surface area contributed by atoms with Gasteiger partial charge >= 0.3 is 0 Å². The molecule has 0 bridgehead atoms. The summed E-state index contributed by atoms with van der Waals surface area (Å²) in [4.78, 5) is 0. The summed E-state index contributed by atoms with van der Waals surface area (Å²) in [7, 11) is 3.26. The highest BCUT2D eigenvalue weighted by molar-refractivity contribution is 6.31. The minimum absolute atomic E-state index is 0.0200. The summed E-state index contributed by atoms with van der Waals surface area (Å²) in [6.45, 7) is 1.56. The topological polar surface area (TPSA) is 50.7 Å². The predicted octanol–water partition coefficient (Wildman–Crippen LogP) is 1.62. The smallest absolute Gasteiger partial charge is 0.0928 e. The van der Waals surface area contributed by atoms with Crippen LogP contribution in [-0.2, 0) is 9.47 Å². The molecule has 2 unspecified atom stereocenters. The molecule has 0 heterocycles. The van der Waals surface area contributed by atoms with Crippen LogP contribution in [0, 0.1) is 0 Å². The Morgan fingerprint density at radius 3 is 2.61 bits per heavy atom. The number of hydrogen-bond acceptors (Lipinski definition) is 4. The highest BCUT2D eigenvalue weighted by atomic mass is 35.5. The number of rotatable bonds is 8. The van der Waals surface area contributed by atoms with Crippen LogP contribution in [0.5, 0.6) is 0 Å². The van der Waals surface area contributed by atoms with E-state index in [1.165, 1.54) is 0 Å². The number of aliphatic hydroxyl groups excluding tert-OH is 1. The Balaban J connectivity index is 2.37. The van der Waals surface area contributed by atoms with Gasteiger partial charge in [0.15, 0.2) is 0 Å². The van der Waals surface area contributed by atoms with Crippen molar-refractivity contribution in [2.45, 2.75) is 12.2 Å². The van der Waals surface area contributed by atoms with Crippen LogP contribution in [0.1, 0.15) is 11.7 Å². The number of nitrogens with one attached hydrogen (secondary N) is 1. The van der Waals surface area contributed by atoms with Crippen molar-refractivity contribution in [1.29, 1.82) is 0 Å². The standard InChI is InChI=1S/C13H20ClNO3/c1-17-9-10(18-2)7-15-8-13(16)11-5-3-4-6-12(11)14/h3-6,10,13,15-16H,7-9H2,1-2H3. The Morgan fingerprint density at radius 1 is 1.28 bits per heavy atom. The largest absolute Gasteiger partial charge is 0.387 e. The van der Waals surface area contributed by atoms with Crippen LogP contribution in [0.15, 0.2) is 24.3 Å². The van der Waals surface area contributed by atoms with Crippen LogP contribution in [0.2, 0.25) is 5.02 Å². The molecule has 0 fully saturated rings. The van der Waals surface area contributed by atoms with Crippen LogP contribution < -0.4 is 5.32 Å². The zero-order chi connectivity index (χ0) is 13.4. The summed E-state index contributed by atoms with van der Waals surface area (Å²) >= 11 is 6.01. The van der Waals surface area contributed by atoms with Gasteiger partial charge in [-0.25, -0.2) is 0 Å². The minimum atomic E-state index is -0.626. The zero-order valence-electron chi connectivity index (χ0n) is 10.7. The Bertz CT molecular complexity index is 349. The molecule has 5 heteroatoms. The maximum atomic E-state index is 10.00. The number of ether oxygens (including phenoxy) is 2. The van der Waals surface area contributed by atoms with Crippen molar-refractivity contribution in [3.05, 3.63) is 34.9 Å². The molecule has 18 heavy (non-hydrogen) atoms. The van der Waals surface area contributed by atoms with E-state index < -0.39 is 6.10 Å². The van der Waals surface area contributed by atoms with Crippen LogP contribution in [0.25, 0.3) is 0 Å². The van der Waals surface area contributed by atoms with Gasteiger partial charge in [0, 0.05) is 37.9 Å². The molecule has 2 N–H and O–H groups in total. The molecule has 0 radical (unpaired) electrons. The lowest BCUT2D eigenvalue weighted by Crippen LogP contribution is -2.34. The van der Waals surface area contributed by atoms with Gasteiger partial charge in [0.2, 0.25) is 0 Å². The molecule has 0 aliphatic carbocycles. The fraction of sp³-hybridized carbons (Fsp3) is 0.538. The molecule has 0 saturated heterocycles. The van der Waals surface area contributed by atoms with E-state index in [0.29, 0.717) is 24.7 Å². The maximum Gasteiger partial charge on any atom is 0.0928 e. The third kappa shape index (κ3) is 4.92. The Morgan fingerprint density at radius 2 is 2.00 bits per heavy atom. The summed E-state index contributed by atoms with van der Waals surface area (Å²) in [6.07, 6.45) is -0.646. The van der Waals surface area contributed by atoms with Crippen LogP contribution >= 0.6 is 11.6 Å². The normalized spacial score (nSPS) is 14.4. The summed E-state index contributed by atoms with van der Waals surface area (Å²) in [6, 6.07) is 7.28. The van der Waals surface area contributed by atoms with Crippen LogP contribution in [0.4, 0.5) is 0 Å². The molecule has 1 aromatic rings. The fourth-order valence-electron chi connectivity index (χ4n) is 1.63. The zero-order valence-corrected chi connectivity index (χ0v) is 11.5. The number of aliphatic hydroxyl groups is 1. The maximum absolute atomic E-state index is 10.00. The highest BCUT2D eigenvalue weighted by Crippen LogP contribution is 2.21. The van der Waals surface area contributed by atoms with Gasteiger partial charge in [-0.1, -0.05) is 29.8 Å². The predicted molar refractivity (Wildman–Crippen MR) is 72.0 cm³/mol. The second-order valence-corrected chi connectivity index (χ2v) is 4.42. The van der Waals surface area contributed by atoms with Gasteiger partial charge < -0.3 is 19.9 Å².